The van der Waals surface area contributed by atoms with Crippen LogP contribution < -0.4 is 10.6 Å². The molecule has 0 amide bonds. The van der Waals surface area contributed by atoms with Crippen molar-refractivity contribution >= 4 is 17.7 Å². The van der Waals surface area contributed by atoms with Crippen molar-refractivity contribution in [3.05, 3.63) is 0 Å². The molecule has 2 N–H and O–H groups in total. The van der Waals surface area contributed by atoms with Crippen LogP contribution in [0.3, 0.4) is 0 Å². The first-order valence-corrected chi connectivity index (χ1v) is 10.6. The SMILES string of the molecule is CN=C(NCCCCC1CCCC1)NCC1(SC)CCOCC1. The number of unbranched alkanes of at least 4 members (excludes halogenated alkanes) is 1. The van der Waals surface area contributed by atoms with Gasteiger partial charge in [0.15, 0.2) is 5.96 Å². The third-order valence-corrected chi connectivity index (χ3v) is 6.86. The van der Waals surface area contributed by atoms with Gasteiger partial charge in [0.25, 0.3) is 0 Å². The van der Waals surface area contributed by atoms with Gasteiger partial charge < -0.3 is 15.4 Å². The van der Waals surface area contributed by atoms with Crippen molar-refractivity contribution in [1.82, 2.24) is 10.6 Å². The van der Waals surface area contributed by atoms with Crippen LogP contribution in [0.2, 0.25) is 0 Å². The molecule has 5 heteroatoms. The maximum Gasteiger partial charge on any atom is 0.191 e. The minimum absolute atomic E-state index is 0.304. The van der Waals surface area contributed by atoms with Gasteiger partial charge in [-0.25, -0.2) is 0 Å². The molecule has 1 heterocycles. The Kier molecular flexibility index (Phi) is 8.59. The maximum atomic E-state index is 5.51. The van der Waals surface area contributed by atoms with Gasteiger partial charge in [-0.3, -0.25) is 4.99 Å². The fraction of sp³-hybridized carbons (Fsp3) is 0.944. The van der Waals surface area contributed by atoms with E-state index in [1.165, 1.54) is 44.9 Å². The lowest BCUT2D eigenvalue weighted by Crippen LogP contribution is -2.48. The number of rotatable bonds is 8. The zero-order chi connectivity index (χ0) is 16.4. The summed E-state index contributed by atoms with van der Waals surface area (Å²) in [6.07, 6.45) is 14.3. The van der Waals surface area contributed by atoms with Crippen LogP contribution in [0.4, 0.5) is 0 Å². The van der Waals surface area contributed by atoms with Crippen LogP contribution in [0.25, 0.3) is 0 Å². The molecule has 0 spiro atoms. The van der Waals surface area contributed by atoms with Crippen molar-refractivity contribution in [2.24, 2.45) is 10.9 Å². The lowest BCUT2D eigenvalue weighted by molar-refractivity contribution is 0.0783. The molecule has 2 fully saturated rings. The van der Waals surface area contributed by atoms with Crippen molar-refractivity contribution in [3.63, 3.8) is 0 Å². The van der Waals surface area contributed by atoms with E-state index < -0.39 is 0 Å². The Hall–Kier alpha value is -0.420. The highest BCUT2D eigenvalue weighted by atomic mass is 32.2. The second kappa shape index (κ2) is 10.4. The van der Waals surface area contributed by atoms with E-state index in [4.69, 9.17) is 4.74 Å². The molecule has 0 radical (unpaired) electrons. The summed E-state index contributed by atoms with van der Waals surface area (Å²) in [6, 6.07) is 0. The predicted molar refractivity (Wildman–Crippen MR) is 101 cm³/mol. The molecule has 0 aromatic carbocycles. The standard InChI is InChI=1S/C18H35N3OS/c1-19-17(20-12-6-5-9-16-7-3-4-8-16)21-15-18(23-2)10-13-22-14-11-18/h16H,3-15H2,1-2H3,(H2,19,20,21). The molecule has 2 rings (SSSR count). The Morgan fingerprint density at radius 2 is 1.91 bits per heavy atom. The van der Waals surface area contributed by atoms with Crippen LogP contribution >= 0.6 is 11.8 Å². The highest BCUT2D eigenvalue weighted by Gasteiger charge is 2.31. The summed E-state index contributed by atoms with van der Waals surface area (Å²) in [5.74, 6) is 1.97. The molecule has 1 aliphatic heterocycles. The highest BCUT2D eigenvalue weighted by Crippen LogP contribution is 2.33. The number of hydrogen-bond donors (Lipinski definition) is 2. The van der Waals surface area contributed by atoms with E-state index in [0.717, 1.165) is 51.0 Å². The fourth-order valence-electron chi connectivity index (χ4n) is 3.73. The highest BCUT2D eigenvalue weighted by molar-refractivity contribution is 8.00. The molecule has 0 aromatic rings. The lowest BCUT2D eigenvalue weighted by atomic mass is 9.99. The molecule has 134 valence electrons. The van der Waals surface area contributed by atoms with Crippen molar-refractivity contribution in [3.8, 4) is 0 Å². The van der Waals surface area contributed by atoms with Gasteiger partial charge in [0.1, 0.15) is 0 Å². The van der Waals surface area contributed by atoms with Crippen molar-refractivity contribution in [2.75, 3.05) is 39.6 Å². The van der Waals surface area contributed by atoms with E-state index >= 15 is 0 Å². The molecule has 0 aromatic heterocycles. The van der Waals surface area contributed by atoms with Crippen LogP contribution in [0, 0.1) is 5.92 Å². The van der Waals surface area contributed by atoms with Gasteiger partial charge in [-0.05, 0) is 31.4 Å². The number of hydrogen-bond acceptors (Lipinski definition) is 3. The monoisotopic (exact) mass is 341 g/mol. The third kappa shape index (κ3) is 6.54. The van der Waals surface area contributed by atoms with Gasteiger partial charge >= 0.3 is 0 Å². The maximum absolute atomic E-state index is 5.51. The molecular formula is C18H35N3OS. The van der Waals surface area contributed by atoms with E-state index in [0.29, 0.717) is 4.75 Å². The van der Waals surface area contributed by atoms with Gasteiger partial charge in [0.05, 0.1) is 0 Å². The minimum Gasteiger partial charge on any atom is -0.381 e. The average Bonchev–Trinajstić information content (AvgIpc) is 3.11. The molecule has 23 heavy (non-hydrogen) atoms. The second-order valence-corrected chi connectivity index (χ2v) is 8.27. The van der Waals surface area contributed by atoms with Gasteiger partial charge in [0, 0.05) is 38.1 Å². The molecule has 2 aliphatic rings. The van der Waals surface area contributed by atoms with E-state index in [1.807, 2.05) is 18.8 Å². The number of aliphatic imine (C=N–C) groups is 1. The molecule has 1 saturated heterocycles. The van der Waals surface area contributed by atoms with E-state index in [2.05, 4.69) is 21.9 Å². The van der Waals surface area contributed by atoms with Crippen molar-refractivity contribution < 1.29 is 4.74 Å². The zero-order valence-electron chi connectivity index (χ0n) is 15.0. The van der Waals surface area contributed by atoms with Crippen LogP contribution in [-0.2, 0) is 4.74 Å². The molecule has 1 aliphatic carbocycles. The van der Waals surface area contributed by atoms with Gasteiger partial charge in [-0.2, -0.15) is 11.8 Å². The predicted octanol–water partition coefficient (Wildman–Crippen LogP) is 3.42. The van der Waals surface area contributed by atoms with Gasteiger partial charge in [0.2, 0.25) is 0 Å². The quantitative estimate of drug-likeness (QED) is 0.403. The average molecular weight is 342 g/mol. The van der Waals surface area contributed by atoms with Crippen molar-refractivity contribution in [1.29, 1.82) is 0 Å². The Morgan fingerprint density at radius 1 is 1.17 bits per heavy atom. The zero-order valence-corrected chi connectivity index (χ0v) is 15.8. The minimum atomic E-state index is 0.304. The molecule has 4 nitrogen and oxygen atoms in total. The third-order valence-electron chi connectivity index (χ3n) is 5.44. The fourth-order valence-corrected chi connectivity index (χ4v) is 4.52. The Bertz CT molecular complexity index is 350. The summed E-state index contributed by atoms with van der Waals surface area (Å²) in [6.45, 7) is 3.77. The summed E-state index contributed by atoms with van der Waals surface area (Å²) in [5.41, 5.74) is 0. The normalized spacial score (nSPS) is 22.3. The number of guanidine groups is 1. The number of ether oxygens (including phenoxy) is 1. The van der Waals surface area contributed by atoms with Crippen molar-refractivity contribution in [2.45, 2.75) is 62.5 Å². The molecule has 0 atom stereocenters. The summed E-state index contributed by atoms with van der Waals surface area (Å²) in [4.78, 5) is 4.37. The topological polar surface area (TPSA) is 45.7 Å². The van der Waals surface area contributed by atoms with E-state index in [-0.39, 0.29) is 0 Å². The summed E-state index contributed by atoms with van der Waals surface area (Å²) in [5, 5.41) is 7.00. The number of nitrogens with zero attached hydrogens (tertiary/aromatic N) is 1. The first-order valence-electron chi connectivity index (χ1n) is 9.35. The van der Waals surface area contributed by atoms with E-state index in [9.17, 15) is 0 Å². The lowest BCUT2D eigenvalue weighted by Gasteiger charge is -2.36. The number of nitrogens with one attached hydrogen (secondary N) is 2. The largest absolute Gasteiger partial charge is 0.381 e. The molecule has 0 bridgehead atoms. The van der Waals surface area contributed by atoms with Crippen LogP contribution in [0.5, 0.6) is 0 Å². The molecule has 0 unspecified atom stereocenters. The van der Waals surface area contributed by atoms with Crippen LogP contribution in [0.15, 0.2) is 4.99 Å². The smallest absolute Gasteiger partial charge is 0.191 e. The molecular weight excluding hydrogens is 306 g/mol. The first-order chi connectivity index (χ1) is 11.3. The first kappa shape index (κ1) is 18.9. The summed E-state index contributed by atoms with van der Waals surface area (Å²) < 4.78 is 5.81. The summed E-state index contributed by atoms with van der Waals surface area (Å²) >= 11 is 1.97. The Balaban J connectivity index is 1.59. The van der Waals surface area contributed by atoms with Crippen LogP contribution in [0.1, 0.15) is 57.8 Å². The number of thioether (sulfide) groups is 1. The summed E-state index contributed by atoms with van der Waals surface area (Å²) in [7, 11) is 1.86. The van der Waals surface area contributed by atoms with E-state index in [1.54, 1.807) is 0 Å². The van der Waals surface area contributed by atoms with Crippen LogP contribution in [-0.4, -0.2) is 50.3 Å². The Morgan fingerprint density at radius 3 is 2.57 bits per heavy atom. The van der Waals surface area contributed by atoms with Gasteiger partial charge in [-0.15, -0.1) is 0 Å². The second-order valence-electron chi connectivity index (χ2n) is 7.00. The molecule has 1 saturated carbocycles. The van der Waals surface area contributed by atoms with Gasteiger partial charge in [-0.1, -0.05) is 38.5 Å². The Labute approximate surface area is 146 Å².